The number of aryl methyl sites for hydroxylation is 1. The minimum atomic E-state index is -0.379. The lowest BCUT2D eigenvalue weighted by Gasteiger charge is -2.19. The summed E-state index contributed by atoms with van der Waals surface area (Å²) in [7, 11) is 0. The van der Waals surface area contributed by atoms with Gasteiger partial charge in [0.1, 0.15) is 28.9 Å². The number of rotatable bonds is 4. The number of aromatic nitrogens is 2. The molecule has 5 nitrogen and oxygen atoms in total. The van der Waals surface area contributed by atoms with Gasteiger partial charge in [-0.25, -0.2) is 4.98 Å². The summed E-state index contributed by atoms with van der Waals surface area (Å²) in [6, 6.07) is 16.7. The van der Waals surface area contributed by atoms with Crippen LogP contribution in [0.5, 0.6) is 5.75 Å². The van der Waals surface area contributed by atoms with Crippen LogP contribution in [0.2, 0.25) is 0 Å². The standard InChI is InChI=1S/C20H17N3O2/c1-13-5-2-8-17(22-13)23-19(16-7-4-12-25-16)15-10-9-14-6-3-11-21-18(14)20(15)24/h2-12,19,24H,1H3,(H,22,23)/t19-/m0/s1. The molecule has 0 radical (unpaired) electrons. The van der Waals surface area contributed by atoms with E-state index in [1.54, 1.807) is 12.5 Å². The summed E-state index contributed by atoms with van der Waals surface area (Å²) in [4.78, 5) is 8.79. The fourth-order valence-corrected chi connectivity index (χ4v) is 2.91. The van der Waals surface area contributed by atoms with Crippen molar-refractivity contribution in [1.29, 1.82) is 0 Å². The third kappa shape index (κ3) is 2.92. The average molecular weight is 331 g/mol. The van der Waals surface area contributed by atoms with E-state index < -0.39 is 0 Å². The molecule has 0 saturated carbocycles. The zero-order chi connectivity index (χ0) is 17.2. The van der Waals surface area contributed by atoms with Gasteiger partial charge in [0.25, 0.3) is 0 Å². The number of aromatic hydroxyl groups is 1. The first kappa shape index (κ1) is 15.2. The smallest absolute Gasteiger partial charge is 0.147 e. The van der Waals surface area contributed by atoms with Gasteiger partial charge >= 0.3 is 0 Å². The van der Waals surface area contributed by atoms with Crippen LogP contribution in [0.3, 0.4) is 0 Å². The predicted octanol–water partition coefficient (Wildman–Crippen LogP) is 4.44. The van der Waals surface area contributed by atoms with E-state index in [0.717, 1.165) is 11.1 Å². The van der Waals surface area contributed by atoms with Crippen LogP contribution in [-0.2, 0) is 0 Å². The zero-order valence-corrected chi connectivity index (χ0v) is 13.7. The van der Waals surface area contributed by atoms with Crippen LogP contribution < -0.4 is 5.32 Å². The Balaban J connectivity index is 1.83. The molecule has 1 aromatic carbocycles. The van der Waals surface area contributed by atoms with E-state index in [2.05, 4.69) is 15.3 Å². The van der Waals surface area contributed by atoms with Crippen molar-refractivity contribution in [2.45, 2.75) is 13.0 Å². The topological polar surface area (TPSA) is 71.2 Å². The van der Waals surface area contributed by atoms with Gasteiger partial charge in [-0.15, -0.1) is 0 Å². The van der Waals surface area contributed by atoms with Gasteiger partial charge in [0.15, 0.2) is 0 Å². The maximum Gasteiger partial charge on any atom is 0.147 e. The molecule has 0 aliphatic heterocycles. The molecule has 25 heavy (non-hydrogen) atoms. The molecule has 0 saturated heterocycles. The van der Waals surface area contributed by atoms with Crippen LogP contribution in [0.4, 0.5) is 5.82 Å². The molecule has 2 N–H and O–H groups in total. The minimum Gasteiger partial charge on any atom is -0.505 e. The van der Waals surface area contributed by atoms with Gasteiger partial charge < -0.3 is 14.8 Å². The van der Waals surface area contributed by atoms with Crippen molar-refractivity contribution in [1.82, 2.24) is 9.97 Å². The molecular weight excluding hydrogens is 314 g/mol. The summed E-state index contributed by atoms with van der Waals surface area (Å²) in [5, 5.41) is 15.0. The monoisotopic (exact) mass is 331 g/mol. The second kappa shape index (κ2) is 6.28. The van der Waals surface area contributed by atoms with Gasteiger partial charge in [0.2, 0.25) is 0 Å². The summed E-state index contributed by atoms with van der Waals surface area (Å²) >= 11 is 0. The molecular formula is C20H17N3O2. The maximum absolute atomic E-state index is 10.8. The normalized spacial score (nSPS) is 12.2. The molecule has 124 valence electrons. The Labute approximate surface area is 145 Å². The van der Waals surface area contributed by atoms with Crippen LogP contribution >= 0.6 is 0 Å². The summed E-state index contributed by atoms with van der Waals surface area (Å²) in [6.45, 7) is 1.94. The number of phenolic OH excluding ortho intramolecular Hbond substituents is 1. The number of benzene rings is 1. The van der Waals surface area contributed by atoms with E-state index in [4.69, 9.17) is 4.42 Å². The van der Waals surface area contributed by atoms with Crippen molar-refractivity contribution < 1.29 is 9.52 Å². The molecule has 0 aliphatic carbocycles. The first-order valence-electron chi connectivity index (χ1n) is 8.02. The Morgan fingerprint density at radius 3 is 2.76 bits per heavy atom. The average Bonchev–Trinajstić information content (AvgIpc) is 3.15. The number of furan rings is 1. The van der Waals surface area contributed by atoms with Crippen molar-refractivity contribution in [3.8, 4) is 5.75 Å². The van der Waals surface area contributed by atoms with Gasteiger partial charge in [0.05, 0.1) is 6.26 Å². The lowest BCUT2D eigenvalue weighted by Crippen LogP contribution is -2.13. The molecule has 0 bridgehead atoms. The van der Waals surface area contributed by atoms with Crippen LogP contribution in [-0.4, -0.2) is 15.1 Å². The summed E-state index contributed by atoms with van der Waals surface area (Å²) in [5.41, 5.74) is 2.16. The van der Waals surface area contributed by atoms with Crippen molar-refractivity contribution in [3.63, 3.8) is 0 Å². The molecule has 0 amide bonds. The summed E-state index contributed by atoms with van der Waals surface area (Å²) in [6.07, 6.45) is 3.29. The number of nitrogens with zero attached hydrogens (tertiary/aromatic N) is 2. The number of hydrogen-bond acceptors (Lipinski definition) is 5. The summed E-state index contributed by atoms with van der Waals surface area (Å²) in [5.74, 6) is 1.54. The van der Waals surface area contributed by atoms with Crippen molar-refractivity contribution >= 4 is 16.7 Å². The second-order valence-electron chi connectivity index (χ2n) is 5.84. The number of nitrogens with one attached hydrogen (secondary N) is 1. The zero-order valence-electron chi connectivity index (χ0n) is 13.7. The molecule has 0 spiro atoms. The van der Waals surface area contributed by atoms with Gasteiger partial charge in [-0.1, -0.05) is 24.3 Å². The SMILES string of the molecule is Cc1cccc(N[C@H](c2ccco2)c2ccc3cccnc3c2O)n1. The number of pyridine rings is 2. The van der Waals surface area contributed by atoms with Crippen LogP contribution in [0, 0.1) is 6.92 Å². The minimum absolute atomic E-state index is 0.139. The number of phenols is 1. The molecule has 3 heterocycles. The Kier molecular flexibility index (Phi) is 3.82. The lowest BCUT2D eigenvalue weighted by molar-refractivity contribution is 0.458. The first-order chi connectivity index (χ1) is 12.2. The van der Waals surface area contributed by atoms with Crippen LogP contribution in [0.1, 0.15) is 23.1 Å². The fraction of sp³-hybridized carbons (Fsp3) is 0.100. The van der Waals surface area contributed by atoms with Crippen LogP contribution in [0.15, 0.2) is 71.5 Å². The Bertz CT molecular complexity index is 1010. The van der Waals surface area contributed by atoms with E-state index in [1.807, 2.05) is 61.5 Å². The van der Waals surface area contributed by atoms with Crippen molar-refractivity contribution in [3.05, 3.63) is 84.1 Å². The number of anilines is 1. The highest BCUT2D eigenvalue weighted by Gasteiger charge is 2.22. The highest BCUT2D eigenvalue weighted by molar-refractivity contribution is 5.85. The first-order valence-corrected chi connectivity index (χ1v) is 8.02. The Morgan fingerprint density at radius 1 is 1.04 bits per heavy atom. The van der Waals surface area contributed by atoms with Crippen molar-refractivity contribution in [2.24, 2.45) is 0 Å². The molecule has 3 aromatic heterocycles. The lowest BCUT2D eigenvalue weighted by atomic mass is 10.0. The molecule has 0 aliphatic rings. The third-order valence-corrected chi connectivity index (χ3v) is 4.10. The van der Waals surface area contributed by atoms with Gasteiger partial charge in [0, 0.05) is 22.8 Å². The third-order valence-electron chi connectivity index (χ3n) is 4.10. The van der Waals surface area contributed by atoms with E-state index >= 15 is 0 Å². The van der Waals surface area contributed by atoms with E-state index in [0.29, 0.717) is 22.7 Å². The molecule has 5 heteroatoms. The van der Waals surface area contributed by atoms with E-state index in [1.165, 1.54) is 0 Å². The Hall–Kier alpha value is -3.34. The van der Waals surface area contributed by atoms with Gasteiger partial charge in [-0.2, -0.15) is 0 Å². The number of hydrogen-bond donors (Lipinski definition) is 2. The van der Waals surface area contributed by atoms with Crippen molar-refractivity contribution in [2.75, 3.05) is 5.32 Å². The van der Waals surface area contributed by atoms with Gasteiger partial charge in [-0.3, -0.25) is 4.98 Å². The number of fused-ring (bicyclic) bond motifs is 1. The summed E-state index contributed by atoms with van der Waals surface area (Å²) < 4.78 is 5.60. The predicted molar refractivity (Wildman–Crippen MR) is 96.6 cm³/mol. The Morgan fingerprint density at radius 2 is 1.96 bits per heavy atom. The maximum atomic E-state index is 10.8. The molecule has 0 fully saturated rings. The molecule has 4 aromatic rings. The van der Waals surface area contributed by atoms with Gasteiger partial charge in [-0.05, 0) is 37.3 Å². The highest BCUT2D eigenvalue weighted by Crippen LogP contribution is 2.36. The van der Waals surface area contributed by atoms with Crippen LogP contribution in [0.25, 0.3) is 10.9 Å². The quantitative estimate of drug-likeness (QED) is 0.578. The molecule has 1 atom stereocenters. The molecule has 0 unspecified atom stereocenters. The van der Waals surface area contributed by atoms with E-state index in [-0.39, 0.29) is 11.8 Å². The molecule has 4 rings (SSSR count). The largest absolute Gasteiger partial charge is 0.505 e. The second-order valence-corrected chi connectivity index (χ2v) is 5.84. The highest BCUT2D eigenvalue weighted by atomic mass is 16.3. The fourth-order valence-electron chi connectivity index (χ4n) is 2.91. The van der Waals surface area contributed by atoms with E-state index in [9.17, 15) is 5.11 Å².